The molecule has 3 aromatic carbocycles. The smallest absolute Gasteiger partial charge is 0.251 e. The molecular formula is C29H18ClF2N7O. The Morgan fingerprint density at radius 1 is 0.875 bits per heavy atom. The van der Waals surface area contributed by atoms with Crippen molar-refractivity contribution in [2.75, 3.05) is 0 Å². The Hall–Kier alpha value is -4.96. The van der Waals surface area contributed by atoms with Gasteiger partial charge in [0.2, 0.25) is 0 Å². The maximum atomic E-state index is 14.4. The van der Waals surface area contributed by atoms with Gasteiger partial charge < -0.3 is 4.57 Å². The van der Waals surface area contributed by atoms with Gasteiger partial charge in [-0.05, 0) is 82.2 Å². The highest BCUT2D eigenvalue weighted by Crippen LogP contribution is 2.37. The summed E-state index contributed by atoms with van der Waals surface area (Å²) < 4.78 is 33.0. The summed E-state index contributed by atoms with van der Waals surface area (Å²) in [5.74, 6) is -0.172. The first-order valence-corrected chi connectivity index (χ1v) is 12.7. The number of hydrogen-bond donors (Lipinski definition) is 0. The molecule has 196 valence electrons. The number of pyridine rings is 1. The molecule has 4 heterocycles. The van der Waals surface area contributed by atoms with Crippen molar-refractivity contribution in [2.45, 2.75) is 12.5 Å². The Morgan fingerprint density at radius 2 is 1.70 bits per heavy atom. The molecule has 1 atom stereocenters. The van der Waals surface area contributed by atoms with Crippen LogP contribution in [-0.2, 0) is 6.42 Å². The number of tetrazole rings is 1. The van der Waals surface area contributed by atoms with Crippen LogP contribution in [0.2, 0.25) is 5.02 Å². The van der Waals surface area contributed by atoms with Crippen LogP contribution in [0.4, 0.5) is 8.78 Å². The van der Waals surface area contributed by atoms with E-state index in [1.807, 2.05) is 10.6 Å². The molecule has 1 aliphatic heterocycles. The van der Waals surface area contributed by atoms with Gasteiger partial charge in [-0.25, -0.2) is 13.8 Å². The van der Waals surface area contributed by atoms with Crippen LogP contribution in [0.15, 0.2) is 96.3 Å². The van der Waals surface area contributed by atoms with E-state index < -0.39 is 6.04 Å². The van der Waals surface area contributed by atoms with Crippen LogP contribution in [0, 0.1) is 11.6 Å². The van der Waals surface area contributed by atoms with Crippen molar-refractivity contribution in [2.24, 2.45) is 0 Å². The minimum atomic E-state index is -0.466. The zero-order valence-electron chi connectivity index (χ0n) is 20.6. The molecular weight excluding hydrogens is 536 g/mol. The molecule has 40 heavy (non-hydrogen) atoms. The van der Waals surface area contributed by atoms with Gasteiger partial charge >= 0.3 is 0 Å². The molecule has 1 aliphatic rings. The topological polar surface area (TPSA) is 83.4 Å². The van der Waals surface area contributed by atoms with Crippen LogP contribution in [0.1, 0.15) is 17.4 Å². The predicted octanol–water partition coefficient (Wildman–Crippen LogP) is 5.42. The molecule has 0 amide bonds. The predicted molar refractivity (Wildman–Crippen MR) is 145 cm³/mol. The average molecular weight is 554 g/mol. The lowest BCUT2D eigenvalue weighted by Gasteiger charge is -2.29. The summed E-state index contributed by atoms with van der Waals surface area (Å²) in [6.07, 6.45) is 5.29. The van der Waals surface area contributed by atoms with E-state index in [1.165, 1.54) is 41.3 Å². The lowest BCUT2D eigenvalue weighted by Crippen LogP contribution is -2.31. The van der Waals surface area contributed by atoms with Gasteiger partial charge in [0.05, 0.1) is 29.3 Å². The number of aromatic nitrogens is 7. The van der Waals surface area contributed by atoms with Crippen molar-refractivity contribution in [3.8, 4) is 33.8 Å². The van der Waals surface area contributed by atoms with Crippen molar-refractivity contribution < 1.29 is 8.78 Å². The largest absolute Gasteiger partial charge is 0.304 e. The average Bonchev–Trinajstić information content (AvgIpc) is 3.65. The van der Waals surface area contributed by atoms with Crippen LogP contribution in [0.3, 0.4) is 0 Å². The van der Waals surface area contributed by atoms with Crippen LogP contribution >= 0.6 is 11.6 Å². The van der Waals surface area contributed by atoms with Gasteiger partial charge in [0.1, 0.15) is 23.8 Å². The van der Waals surface area contributed by atoms with E-state index in [0.717, 1.165) is 11.1 Å². The summed E-state index contributed by atoms with van der Waals surface area (Å²) in [6, 6.07) is 18.8. The minimum absolute atomic E-state index is 0.256. The van der Waals surface area contributed by atoms with Gasteiger partial charge in [-0.3, -0.25) is 9.36 Å². The van der Waals surface area contributed by atoms with Gasteiger partial charge in [-0.15, -0.1) is 5.10 Å². The van der Waals surface area contributed by atoms with Crippen molar-refractivity contribution in [1.29, 1.82) is 0 Å². The number of imidazole rings is 1. The van der Waals surface area contributed by atoms with Gasteiger partial charge in [0.15, 0.2) is 0 Å². The summed E-state index contributed by atoms with van der Waals surface area (Å²) in [5.41, 5.74) is 4.62. The van der Waals surface area contributed by atoms with Crippen molar-refractivity contribution in [1.82, 2.24) is 34.3 Å². The lowest BCUT2D eigenvalue weighted by atomic mass is 9.97. The van der Waals surface area contributed by atoms with Gasteiger partial charge in [0.25, 0.3) is 5.56 Å². The molecule has 0 N–H and O–H groups in total. The Bertz CT molecular complexity index is 1950. The fourth-order valence-electron chi connectivity index (χ4n) is 5.24. The maximum absolute atomic E-state index is 14.4. The second-order valence-corrected chi connectivity index (χ2v) is 9.85. The fraction of sp³-hybridized carbons (Fsp3) is 0.0690. The number of hydrogen-bond acceptors (Lipinski definition) is 5. The molecule has 0 aliphatic carbocycles. The van der Waals surface area contributed by atoms with Crippen LogP contribution in [0.25, 0.3) is 33.8 Å². The summed E-state index contributed by atoms with van der Waals surface area (Å²) in [5, 5.41) is 11.9. The summed E-state index contributed by atoms with van der Waals surface area (Å²) in [6.45, 7) is 0. The van der Waals surface area contributed by atoms with E-state index in [1.54, 1.807) is 53.4 Å². The lowest BCUT2D eigenvalue weighted by molar-refractivity contribution is 0.507. The molecule has 0 saturated carbocycles. The third-order valence-electron chi connectivity index (χ3n) is 7.08. The molecule has 0 fully saturated rings. The van der Waals surface area contributed by atoms with E-state index in [2.05, 4.69) is 20.5 Å². The second kappa shape index (κ2) is 9.35. The van der Waals surface area contributed by atoms with E-state index in [-0.39, 0.29) is 17.2 Å². The van der Waals surface area contributed by atoms with Crippen LogP contribution < -0.4 is 5.56 Å². The first-order chi connectivity index (χ1) is 19.5. The highest BCUT2D eigenvalue weighted by Gasteiger charge is 2.31. The Labute approximate surface area is 230 Å². The number of halogens is 3. The Kier molecular flexibility index (Phi) is 5.64. The van der Waals surface area contributed by atoms with E-state index in [0.29, 0.717) is 45.5 Å². The van der Waals surface area contributed by atoms with Crippen LogP contribution in [0.5, 0.6) is 0 Å². The Morgan fingerprint density at radius 3 is 2.48 bits per heavy atom. The van der Waals surface area contributed by atoms with E-state index in [9.17, 15) is 13.6 Å². The molecule has 7 rings (SSSR count). The highest BCUT2D eigenvalue weighted by atomic mass is 35.5. The number of fused-ring (bicyclic) bond motifs is 3. The molecule has 0 spiro atoms. The molecule has 0 unspecified atom stereocenters. The Balaban J connectivity index is 1.36. The monoisotopic (exact) mass is 553 g/mol. The molecule has 11 heteroatoms. The highest BCUT2D eigenvalue weighted by molar-refractivity contribution is 6.31. The van der Waals surface area contributed by atoms with Crippen molar-refractivity contribution in [3.05, 3.63) is 130 Å². The second-order valence-electron chi connectivity index (χ2n) is 9.41. The normalized spacial score (nSPS) is 14.1. The molecule has 3 aromatic heterocycles. The third kappa shape index (κ3) is 4.00. The number of rotatable bonds is 4. The first kappa shape index (κ1) is 24.1. The van der Waals surface area contributed by atoms with Crippen molar-refractivity contribution >= 4 is 11.6 Å². The summed E-state index contributed by atoms with van der Waals surface area (Å²) >= 11 is 6.29. The third-order valence-corrected chi connectivity index (χ3v) is 7.31. The van der Waals surface area contributed by atoms with Gasteiger partial charge in [-0.2, -0.15) is 4.68 Å². The zero-order chi connectivity index (χ0) is 27.4. The quantitative estimate of drug-likeness (QED) is 0.291. The van der Waals surface area contributed by atoms with E-state index in [4.69, 9.17) is 11.6 Å². The number of benzene rings is 3. The standard InChI is InChI=1S/C29H18ClF2N7O/c30-20-4-8-24(38-16-34-35-36-38)23(13-20)18-9-10-37(28(40)12-18)26-11-19-3-7-22(32)14-25(19)39-27(15-33-29(26)39)17-1-5-21(31)6-2-17/h1-10,12-16,26H,11H2/t26-/m0/s1. The van der Waals surface area contributed by atoms with Crippen LogP contribution in [-0.4, -0.2) is 34.3 Å². The minimum Gasteiger partial charge on any atom is -0.304 e. The first-order valence-electron chi connectivity index (χ1n) is 12.3. The summed E-state index contributed by atoms with van der Waals surface area (Å²) in [7, 11) is 0. The van der Waals surface area contributed by atoms with Gasteiger partial charge in [-0.1, -0.05) is 17.7 Å². The molecule has 0 saturated heterocycles. The maximum Gasteiger partial charge on any atom is 0.251 e. The van der Waals surface area contributed by atoms with Crippen molar-refractivity contribution in [3.63, 3.8) is 0 Å². The SMILES string of the molecule is O=c1cc(-c2cc(Cl)ccc2-n2cnnn2)ccn1[C@H]1Cc2ccc(F)cc2-n2c(-c3ccc(F)cc3)cnc21. The molecule has 0 radical (unpaired) electrons. The fourth-order valence-corrected chi connectivity index (χ4v) is 5.42. The van der Waals surface area contributed by atoms with E-state index >= 15 is 0 Å². The number of nitrogens with zero attached hydrogens (tertiary/aromatic N) is 7. The molecule has 8 nitrogen and oxygen atoms in total. The molecule has 0 bridgehead atoms. The van der Waals surface area contributed by atoms with Gasteiger partial charge in [0, 0.05) is 34.8 Å². The zero-order valence-corrected chi connectivity index (χ0v) is 21.4. The molecule has 6 aromatic rings. The summed E-state index contributed by atoms with van der Waals surface area (Å²) in [4.78, 5) is 18.3.